The van der Waals surface area contributed by atoms with Gasteiger partial charge in [0, 0.05) is 43.6 Å². The maximum absolute atomic E-state index is 13.4. The molecule has 6 nitrogen and oxygen atoms in total. The molecule has 0 bridgehead atoms. The van der Waals surface area contributed by atoms with Crippen molar-refractivity contribution in [1.29, 1.82) is 0 Å². The van der Waals surface area contributed by atoms with E-state index < -0.39 is 11.0 Å². The van der Waals surface area contributed by atoms with Gasteiger partial charge in [-0.3, -0.25) is 4.79 Å². The third-order valence-corrected chi connectivity index (χ3v) is 7.83. The molecule has 3 rings (SSSR count). The van der Waals surface area contributed by atoms with Crippen molar-refractivity contribution in [2.45, 2.75) is 52.0 Å². The van der Waals surface area contributed by atoms with Crippen LogP contribution < -0.4 is 0 Å². The minimum atomic E-state index is -1.18. The van der Waals surface area contributed by atoms with Crippen LogP contribution in [0.1, 0.15) is 51.0 Å². The largest absolute Gasteiger partial charge is 0.338 e. The molecule has 1 aromatic heterocycles. The molecular weight excluding hydrogens is 420 g/mol. The lowest BCUT2D eigenvalue weighted by molar-refractivity contribution is 0.0762. The molecule has 0 radical (unpaired) electrons. The summed E-state index contributed by atoms with van der Waals surface area (Å²) in [6, 6.07) is 8.05. The Kier molecular flexibility index (Phi) is 8.53. The van der Waals surface area contributed by atoms with Crippen molar-refractivity contribution in [1.82, 2.24) is 18.7 Å². The summed E-state index contributed by atoms with van der Waals surface area (Å²) in [5, 5.41) is 0.995. The van der Waals surface area contributed by atoms with Crippen LogP contribution in [0.4, 0.5) is 0 Å². The lowest BCUT2D eigenvalue weighted by Gasteiger charge is -2.33. The van der Waals surface area contributed by atoms with Crippen LogP contribution in [0.15, 0.2) is 29.2 Å². The number of hydrogen-bond acceptors (Lipinski definition) is 3. The Labute approximate surface area is 196 Å². The summed E-state index contributed by atoms with van der Waals surface area (Å²) in [6.45, 7) is 13.4. The fourth-order valence-corrected chi connectivity index (χ4v) is 6.37. The zero-order valence-electron chi connectivity index (χ0n) is 20.6. The second-order valence-electron chi connectivity index (χ2n) is 9.58. The zero-order valence-corrected chi connectivity index (χ0v) is 21.5. The van der Waals surface area contributed by atoms with Gasteiger partial charge in [-0.1, -0.05) is 13.8 Å². The molecule has 3 unspecified atom stereocenters. The van der Waals surface area contributed by atoms with Gasteiger partial charge in [-0.15, -0.1) is 0 Å². The highest BCUT2D eigenvalue weighted by molar-refractivity contribution is 7.82. The van der Waals surface area contributed by atoms with Gasteiger partial charge in [0.25, 0.3) is 5.91 Å². The van der Waals surface area contributed by atoms with Crippen molar-refractivity contribution in [3.63, 3.8) is 0 Å². The lowest BCUT2D eigenvalue weighted by Crippen LogP contribution is -2.39. The number of aryl methyl sites for hydroxylation is 1. The first kappa shape index (κ1) is 24.9. The van der Waals surface area contributed by atoms with Gasteiger partial charge in [-0.05, 0) is 83.4 Å². The Morgan fingerprint density at radius 3 is 2.34 bits per heavy atom. The van der Waals surface area contributed by atoms with Crippen LogP contribution in [0.5, 0.6) is 0 Å². The Morgan fingerprint density at radius 2 is 1.75 bits per heavy atom. The van der Waals surface area contributed by atoms with Crippen LogP contribution in [0, 0.1) is 11.8 Å². The van der Waals surface area contributed by atoms with Crippen molar-refractivity contribution < 1.29 is 9.00 Å². The molecule has 0 saturated carbocycles. The smallest absolute Gasteiger partial charge is 0.270 e. The normalized spacial score (nSPS) is 20.7. The van der Waals surface area contributed by atoms with Crippen molar-refractivity contribution in [2.24, 2.45) is 11.8 Å². The highest BCUT2D eigenvalue weighted by Gasteiger charge is 2.27. The first-order valence-electron chi connectivity index (χ1n) is 12.0. The molecule has 178 valence electrons. The number of hydrogen-bond donors (Lipinski definition) is 0. The molecule has 1 aliphatic heterocycles. The topological polar surface area (TPSA) is 48.8 Å². The Bertz CT molecular complexity index is 941. The van der Waals surface area contributed by atoms with E-state index in [9.17, 15) is 9.00 Å². The van der Waals surface area contributed by atoms with Gasteiger partial charge in [0.2, 0.25) is 0 Å². The van der Waals surface area contributed by atoms with E-state index in [4.69, 9.17) is 0 Å². The number of nitrogens with zero attached hydrogens (tertiary/aromatic N) is 4. The fraction of sp³-hybridized carbons (Fsp3) is 0.640. The summed E-state index contributed by atoms with van der Waals surface area (Å²) < 4.78 is 17.6. The summed E-state index contributed by atoms with van der Waals surface area (Å²) >= 11 is 0. The summed E-state index contributed by atoms with van der Waals surface area (Å²) in [5.41, 5.74) is 1.77. The molecule has 2 heterocycles. The summed E-state index contributed by atoms with van der Waals surface area (Å²) in [5.74, 6) is 1.18. The first-order valence-corrected chi connectivity index (χ1v) is 13.1. The van der Waals surface area contributed by atoms with E-state index in [1.54, 1.807) is 0 Å². The van der Waals surface area contributed by atoms with Crippen LogP contribution in [0.25, 0.3) is 10.9 Å². The quantitative estimate of drug-likeness (QED) is 0.567. The van der Waals surface area contributed by atoms with Gasteiger partial charge in [0.15, 0.2) is 0 Å². The van der Waals surface area contributed by atoms with Crippen molar-refractivity contribution in [3.05, 3.63) is 30.0 Å². The van der Waals surface area contributed by atoms with Crippen molar-refractivity contribution >= 4 is 27.8 Å². The molecule has 0 aliphatic carbocycles. The van der Waals surface area contributed by atoms with Gasteiger partial charge in [-0.25, -0.2) is 8.51 Å². The second kappa shape index (κ2) is 10.9. The summed E-state index contributed by atoms with van der Waals surface area (Å²) in [4.78, 5) is 18.1. The molecule has 3 atom stereocenters. The SMILES string of the molecule is CCN(CC)C(=O)c1cc2cc(S(=O)N3CC(C)CC(C)C3)ccc2n1CCCN(C)C. The number of piperidine rings is 1. The Balaban J connectivity index is 1.95. The van der Waals surface area contributed by atoms with E-state index in [0.29, 0.717) is 24.9 Å². The first-order chi connectivity index (χ1) is 15.2. The van der Waals surface area contributed by atoms with Crippen LogP contribution in [0.3, 0.4) is 0 Å². The van der Waals surface area contributed by atoms with Gasteiger partial charge in [0.05, 0.1) is 4.90 Å². The molecule has 2 aromatic rings. The monoisotopic (exact) mass is 460 g/mol. The summed E-state index contributed by atoms with van der Waals surface area (Å²) in [6.07, 6.45) is 2.16. The predicted octanol–water partition coefficient (Wildman–Crippen LogP) is 4.08. The standard InChI is InChI=1S/C25H40N4O2S/c1-7-27(8-2)25(30)24-16-21-15-22(32(31)28-17-19(3)14-20(4)18-28)10-11-23(21)29(24)13-9-12-26(5)6/h10-11,15-16,19-20H,7-9,12-14,17-18H2,1-6H3. The number of aromatic nitrogens is 1. The Morgan fingerprint density at radius 1 is 1.09 bits per heavy atom. The third kappa shape index (κ3) is 5.61. The molecule has 32 heavy (non-hydrogen) atoms. The van der Waals surface area contributed by atoms with E-state index in [-0.39, 0.29) is 5.91 Å². The third-order valence-electron chi connectivity index (χ3n) is 6.40. The van der Waals surface area contributed by atoms with Crippen LogP contribution in [-0.2, 0) is 17.5 Å². The lowest BCUT2D eigenvalue weighted by atomic mass is 9.94. The maximum Gasteiger partial charge on any atom is 0.270 e. The number of carbonyl (C=O) groups is 1. The fourth-order valence-electron chi connectivity index (χ4n) is 4.88. The van der Waals surface area contributed by atoms with E-state index in [0.717, 1.165) is 54.1 Å². The number of rotatable bonds is 9. The molecule has 1 amide bonds. The molecule has 1 fully saturated rings. The average molecular weight is 461 g/mol. The number of carbonyl (C=O) groups excluding carboxylic acids is 1. The predicted molar refractivity (Wildman–Crippen MR) is 133 cm³/mol. The van der Waals surface area contributed by atoms with Crippen LogP contribution in [0.2, 0.25) is 0 Å². The van der Waals surface area contributed by atoms with Gasteiger partial charge >= 0.3 is 0 Å². The molecule has 1 aromatic carbocycles. The molecule has 0 spiro atoms. The van der Waals surface area contributed by atoms with Crippen LogP contribution >= 0.6 is 0 Å². The highest BCUT2D eigenvalue weighted by Crippen LogP contribution is 2.28. The molecule has 7 heteroatoms. The number of amides is 1. The van der Waals surface area contributed by atoms with E-state index in [1.165, 1.54) is 6.42 Å². The van der Waals surface area contributed by atoms with E-state index in [2.05, 4.69) is 41.7 Å². The molecule has 0 N–H and O–H groups in total. The average Bonchev–Trinajstić information content (AvgIpc) is 3.11. The van der Waals surface area contributed by atoms with Gasteiger partial charge < -0.3 is 14.4 Å². The maximum atomic E-state index is 13.4. The summed E-state index contributed by atoms with van der Waals surface area (Å²) in [7, 11) is 2.96. The minimum absolute atomic E-state index is 0.0670. The van der Waals surface area contributed by atoms with Crippen LogP contribution in [-0.4, -0.2) is 75.6 Å². The Hall–Kier alpha value is -1.70. The molecular formula is C25H40N4O2S. The highest BCUT2D eigenvalue weighted by atomic mass is 32.2. The van der Waals surface area contributed by atoms with Crippen molar-refractivity contribution in [2.75, 3.05) is 46.8 Å². The minimum Gasteiger partial charge on any atom is -0.338 e. The zero-order chi connectivity index (χ0) is 23.4. The van der Waals surface area contributed by atoms with Gasteiger partial charge in [0.1, 0.15) is 16.7 Å². The van der Waals surface area contributed by atoms with Crippen molar-refractivity contribution in [3.8, 4) is 0 Å². The second-order valence-corrected chi connectivity index (χ2v) is 11.1. The van der Waals surface area contributed by atoms with E-state index in [1.807, 2.05) is 43.0 Å². The van der Waals surface area contributed by atoms with Gasteiger partial charge in [-0.2, -0.15) is 0 Å². The van der Waals surface area contributed by atoms with E-state index >= 15 is 0 Å². The number of benzene rings is 1. The molecule has 1 saturated heterocycles. The number of fused-ring (bicyclic) bond motifs is 1. The molecule has 1 aliphatic rings.